The summed E-state index contributed by atoms with van der Waals surface area (Å²) in [6.45, 7) is 5.63. The molecule has 0 spiro atoms. The fourth-order valence-corrected chi connectivity index (χ4v) is 2.40. The zero-order chi connectivity index (χ0) is 18.8. The monoisotopic (exact) mass is 355 g/mol. The molecule has 0 unspecified atom stereocenters. The fourth-order valence-electron chi connectivity index (χ4n) is 2.40. The van der Waals surface area contributed by atoms with E-state index in [9.17, 15) is 14.3 Å². The van der Waals surface area contributed by atoms with Crippen LogP contribution < -0.4 is 5.32 Å². The number of carboxylic acids is 1. The van der Waals surface area contributed by atoms with Crippen LogP contribution in [0.15, 0.2) is 36.8 Å². The van der Waals surface area contributed by atoms with Crippen molar-refractivity contribution in [3.8, 4) is 5.69 Å². The Morgan fingerprint density at radius 3 is 2.62 bits per heavy atom. The van der Waals surface area contributed by atoms with Crippen molar-refractivity contribution < 1.29 is 14.3 Å². The first-order valence-electron chi connectivity index (χ1n) is 8.03. The minimum absolute atomic E-state index is 0.0280. The number of anilines is 2. The van der Waals surface area contributed by atoms with E-state index in [0.29, 0.717) is 17.1 Å². The maximum absolute atomic E-state index is 14.4. The summed E-state index contributed by atoms with van der Waals surface area (Å²) in [5.74, 6) is -1.46. The van der Waals surface area contributed by atoms with Gasteiger partial charge in [0.05, 0.1) is 17.7 Å². The molecule has 134 valence electrons. The Morgan fingerprint density at radius 2 is 2.04 bits per heavy atom. The zero-order valence-corrected chi connectivity index (χ0v) is 14.6. The Labute approximate surface area is 149 Å². The van der Waals surface area contributed by atoms with E-state index in [1.165, 1.54) is 18.5 Å². The predicted molar refractivity (Wildman–Crippen MR) is 94.6 cm³/mol. The SMILES string of the molecule is Cc1cn(-c2ccc(Nc3nc(C(=O)O)cc(C(C)C)n3)cc2F)cn1. The molecule has 0 fully saturated rings. The Hall–Kier alpha value is -3.29. The maximum Gasteiger partial charge on any atom is 0.354 e. The second-order valence-electron chi connectivity index (χ2n) is 6.18. The van der Waals surface area contributed by atoms with Gasteiger partial charge >= 0.3 is 5.97 Å². The molecule has 3 rings (SSSR count). The van der Waals surface area contributed by atoms with Gasteiger partial charge in [-0.3, -0.25) is 0 Å². The van der Waals surface area contributed by atoms with Gasteiger partial charge in [-0.25, -0.2) is 24.1 Å². The summed E-state index contributed by atoms with van der Waals surface area (Å²) in [4.78, 5) is 23.6. The molecule has 1 aromatic carbocycles. The van der Waals surface area contributed by atoms with Crippen molar-refractivity contribution in [2.24, 2.45) is 0 Å². The molecule has 2 heterocycles. The summed E-state index contributed by atoms with van der Waals surface area (Å²) >= 11 is 0. The van der Waals surface area contributed by atoms with Gasteiger partial charge in [0.15, 0.2) is 5.69 Å². The van der Waals surface area contributed by atoms with Crippen molar-refractivity contribution in [3.05, 3.63) is 59.7 Å². The highest BCUT2D eigenvalue weighted by Crippen LogP contribution is 2.22. The number of hydrogen-bond acceptors (Lipinski definition) is 5. The molecular formula is C18H18FN5O2. The quantitative estimate of drug-likeness (QED) is 0.725. The van der Waals surface area contributed by atoms with Crippen molar-refractivity contribution in [2.75, 3.05) is 5.32 Å². The average molecular weight is 355 g/mol. The minimum Gasteiger partial charge on any atom is -0.477 e. The van der Waals surface area contributed by atoms with Gasteiger partial charge in [-0.15, -0.1) is 0 Å². The van der Waals surface area contributed by atoms with Gasteiger partial charge in [0.1, 0.15) is 5.82 Å². The lowest BCUT2D eigenvalue weighted by Gasteiger charge is -2.11. The Bertz CT molecular complexity index is 968. The molecule has 26 heavy (non-hydrogen) atoms. The van der Waals surface area contributed by atoms with E-state index < -0.39 is 11.8 Å². The van der Waals surface area contributed by atoms with Crippen molar-refractivity contribution in [1.82, 2.24) is 19.5 Å². The summed E-state index contributed by atoms with van der Waals surface area (Å²) in [7, 11) is 0. The summed E-state index contributed by atoms with van der Waals surface area (Å²) in [6.07, 6.45) is 3.26. The normalized spacial score (nSPS) is 11.0. The van der Waals surface area contributed by atoms with Crippen molar-refractivity contribution in [3.63, 3.8) is 0 Å². The molecule has 2 aromatic heterocycles. The van der Waals surface area contributed by atoms with Crippen LogP contribution in [0.25, 0.3) is 5.69 Å². The third-order valence-corrected chi connectivity index (χ3v) is 3.75. The first-order chi connectivity index (χ1) is 12.3. The number of carbonyl (C=O) groups is 1. The van der Waals surface area contributed by atoms with E-state index in [2.05, 4.69) is 20.3 Å². The van der Waals surface area contributed by atoms with Crippen LogP contribution >= 0.6 is 0 Å². The third-order valence-electron chi connectivity index (χ3n) is 3.75. The van der Waals surface area contributed by atoms with Gasteiger partial charge < -0.3 is 15.0 Å². The summed E-state index contributed by atoms with van der Waals surface area (Å²) < 4.78 is 16.0. The number of carboxylic acid groups (broad SMARTS) is 1. The lowest BCUT2D eigenvalue weighted by atomic mass is 10.1. The topological polar surface area (TPSA) is 92.9 Å². The largest absolute Gasteiger partial charge is 0.477 e. The number of aryl methyl sites for hydroxylation is 1. The number of nitrogens with zero attached hydrogens (tertiary/aromatic N) is 4. The molecule has 3 aromatic rings. The van der Waals surface area contributed by atoms with Crippen molar-refractivity contribution >= 4 is 17.6 Å². The zero-order valence-electron chi connectivity index (χ0n) is 14.6. The first-order valence-corrected chi connectivity index (χ1v) is 8.03. The molecule has 0 bridgehead atoms. The number of hydrogen-bond donors (Lipinski definition) is 2. The van der Waals surface area contributed by atoms with Crippen LogP contribution in [0.2, 0.25) is 0 Å². The Kier molecular flexibility index (Phi) is 4.66. The number of benzene rings is 1. The molecule has 0 atom stereocenters. The number of nitrogens with one attached hydrogen (secondary N) is 1. The smallest absolute Gasteiger partial charge is 0.354 e. The highest BCUT2D eigenvalue weighted by Gasteiger charge is 2.13. The molecule has 0 radical (unpaired) electrons. The summed E-state index contributed by atoms with van der Waals surface area (Å²) in [6, 6.07) is 6.00. The summed E-state index contributed by atoms with van der Waals surface area (Å²) in [5.41, 5.74) is 2.04. The molecule has 8 heteroatoms. The molecule has 0 saturated carbocycles. The molecule has 7 nitrogen and oxygen atoms in total. The fraction of sp³-hybridized carbons (Fsp3) is 0.222. The number of halogens is 1. The molecular weight excluding hydrogens is 337 g/mol. The van der Waals surface area contributed by atoms with Gasteiger partial charge in [0, 0.05) is 17.6 Å². The minimum atomic E-state index is -1.14. The lowest BCUT2D eigenvalue weighted by Crippen LogP contribution is -2.09. The standard InChI is InChI=1S/C18H18FN5O2/c1-10(2)14-7-15(17(25)26)23-18(22-14)21-12-4-5-16(13(19)6-12)24-8-11(3)20-9-24/h4-10H,1-3H3,(H,25,26)(H,21,22,23). The van der Waals surface area contributed by atoms with Gasteiger partial charge in [-0.05, 0) is 37.1 Å². The second kappa shape index (κ2) is 6.91. The maximum atomic E-state index is 14.4. The Morgan fingerprint density at radius 1 is 1.27 bits per heavy atom. The lowest BCUT2D eigenvalue weighted by molar-refractivity contribution is 0.0690. The van der Waals surface area contributed by atoms with Crippen molar-refractivity contribution in [1.29, 1.82) is 0 Å². The Balaban J connectivity index is 1.91. The summed E-state index contributed by atoms with van der Waals surface area (Å²) in [5, 5.41) is 12.1. The van der Waals surface area contributed by atoms with Gasteiger partial charge in [-0.2, -0.15) is 0 Å². The van der Waals surface area contributed by atoms with Gasteiger partial charge in [-0.1, -0.05) is 13.8 Å². The first kappa shape index (κ1) is 17.5. The van der Waals surface area contributed by atoms with Crippen molar-refractivity contribution in [2.45, 2.75) is 26.7 Å². The van der Waals surface area contributed by atoms with Gasteiger partial charge in [0.2, 0.25) is 5.95 Å². The second-order valence-corrected chi connectivity index (χ2v) is 6.18. The van der Waals surface area contributed by atoms with Gasteiger partial charge in [0.25, 0.3) is 0 Å². The number of rotatable bonds is 5. The molecule has 0 aliphatic rings. The molecule has 0 aliphatic carbocycles. The van der Waals surface area contributed by atoms with Crippen LogP contribution in [0.4, 0.5) is 16.0 Å². The number of aromatic nitrogens is 4. The van der Waals surface area contributed by atoms with Crippen LogP contribution in [0.3, 0.4) is 0 Å². The molecule has 0 saturated heterocycles. The van der Waals surface area contributed by atoms with E-state index >= 15 is 0 Å². The molecule has 2 N–H and O–H groups in total. The van der Waals surface area contributed by atoms with E-state index in [1.807, 2.05) is 20.8 Å². The van der Waals surface area contributed by atoms with Crippen LogP contribution in [0, 0.1) is 12.7 Å². The highest BCUT2D eigenvalue weighted by molar-refractivity contribution is 5.85. The van der Waals surface area contributed by atoms with E-state index in [-0.39, 0.29) is 17.6 Å². The van der Waals surface area contributed by atoms with E-state index in [0.717, 1.165) is 5.69 Å². The van der Waals surface area contributed by atoms with Crippen LogP contribution in [0.5, 0.6) is 0 Å². The number of aromatic carboxylic acids is 1. The highest BCUT2D eigenvalue weighted by atomic mass is 19.1. The van der Waals surface area contributed by atoms with Crippen LogP contribution in [-0.4, -0.2) is 30.6 Å². The van der Waals surface area contributed by atoms with Crippen LogP contribution in [-0.2, 0) is 0 Å². The molecule has 0 amide bonds. The van der Waals surface area contributed by atoms with E-state index in [1.54, 1.807) is 22.9 Å². The average Bonchev–Trinajstić information content (AvgIpc) is 3.00. The van der Waals surface area contributed by atoms with Crippen LogP contribution in [0.1, 0.15) is 41.6 Å². The van der Waals surface area contributed by atoms with E-state index in [4.69, 9.17) is 0 Å². The third kappa shape index (κ3) is 3.69. The molecule has 0 aliphatic heterocycles. The predicted octanol–water partition coefficient (Wildman–Crippen LogP) is 3.68. The number of imidazole rings is 1.